The number of carbonyl (C=O) groups is 2. The molecule has 2 bridgehead atoms. The average molecular weight is 438 g/mol. The number of ether oxygens (including phenoxy) is 2. The number of carbonyl (C=O) groups excluding carboxylic acids is 2. The quantitative estimate of drug-likeness (QED) is 0.787. The van der Waals surface area contributed by atoms with Gasteiger partial charge in [0.25, 0.3) is 0 Å². The zero-order chi connectivity index (χ0) is 22.3. The van der Waals surface area contributed by atoms with Crippen LogP contribution in [0.4, 0.5) is 18.9 Å². The van der Waals surface area contributed by atoms with Gasteiger partial charge in [-0.3, -0.25) is 14.5 Å². The zero-order valence-electron chi connectivity index (χ0n) is 17.6. The second kappa shape index (κ2) is 6.45. The second-order valence-electron chi connectivity index (χ2n) is 9.25. The lowest BCUT2D eigenvalue weighted by Crippen LogP contribution is -2.57. The van der Waals surface area contributed by atoms with Crippen LogP contribution in [0, 0.1) is 18.8 Å². The van der Waals surface area contributed by atoms with Gasteiger partial charge in [-0.05, 0) is 31.5 Å². The zero-order valence-corrected chi connectivity index (χ0v) is 17.6. The third-order valence-electron chi connectivity index (χ3n) is 7.59. The van der Waals surface area contributed by atoms with Gasteiger partial charge in [-0.1, -0.05) is 13.0 Å². The van der Waals surface area contributed by atoms with Gasteiger partial charge in [-0.25, -0.2) is 0 Å². The van der Waals surface area contributed by atoms with Crippen molar-refractivity contribution < 1.29 is 32.2 Å². The molecule has 2 amide bonds. The molecule has 4 aliphatic rings. The van der Waals surface area contributed by atoms with Crippen molar-refractivity contribution >= 4 is 17.5 Å². The van der Waals surface area contributed by atoms with E-state index in [1.54, 1.807) is 6.92 Å². The number of nitrogens with one attached hydrogen (secondary N) is 1. The Bertz CT molecular complexity index is 967. The first-order valence-corrected chi connectivity index (χ1v) is 10.6. The minimum atomic E-state index is -4.52. The molecular weight excluding hydrogens is 413 g/mol. The number of hydrogen-bond acceptors (Lipinski definition) is 4. The lowest BCUT2D eigenvalue weighted by Gasteiger charge is -2.43. The summed E-state index contributed by atoms with van der Waals surface area (Å²) in [6, 6.07) is 3.62. The number of amides is 2. The van der Waals surface area contributed by atoms with Crippen molar-refractivity contribution in [1.29, 1.82) is 0 Å². The van der Waals surface area contributed by atoms with Crippen LogP contribution in [0.3, 0.4) is 0 Å². The van der Waals surface area contributed by atoms with E-state index in [-0.39, 0.29) is 35.0 Å². The molecule has 4 aliphatic heterocycles. The Hall–Kier alpha value is -2.13. The molecule has 1 aromatic carbocycles. The second-order valence-corrected chi connectivity index (χ2v) is 9.25. The van der Waals surface area contributed by atoms with Gasteiger partial charge in [0, 0.05) is 30.9 Å². The molecule has 4 heterocycles. The van der Waals surface area contributed by atoms with E-state index in [0.29, 0.717) is 25.9 Å². The summed E-state index contributed by atoms with van der Waals surface area (Å²) >= 11 is 0. The van der Waals surface area contributed by atoms with E-state index in [2.05, 4.69) is 5.32 Å². The summed E-state index contributed by atoms with van der Waals surface area (Å²) in [6.45, 7) is 5.32. The van der Waals surface area contributed by atoms with Crippen molar-refractivity contribution in [3.05, 3.63) is 29.3 Å². The molecule has 5 rings (SSSR count). The number of hydrogen-bond donors (Lipinski definition) is 1. The molecule has 0 aliphatic carbocycles. The first-order valence-electron chi connectivity index (χ1n) is 10.6. The molecule has 0 radical (unpaired) electrons. The van der Waals surface area contributed by atoms with Crippen LogP contribution in [0.2, 0.25) is 0 Å². The van der Waals surface area contributed by atoms with Crippen molar-refractivity contribution in [2.45, 2.75) is 69.7 Å². The number of nitrogens with zero attached hydrogens (tertiary/aromatic N) is 1. The SMILES string of the molecule is CCC(=O)N[C@H]1C[C@@]23CCO[C@H]4[C@@H]2[C@H](C(=O)N4c2ccc(C)c(C(F)(F)F)c2)[C@]1(C)O3. The predicted octanol–water partition coefficient (Wildman–Crippen LogP) is 3.17. The van der Waals surface area contributed by atoms with E-state index in [9.17, 15) is 22.8 Å². The Kier molecular flexibility index (Phi) is 4.32. The van der Waals surface area contributed by atoms with E-state index in [0.717, 1.165) is 6.07 Å². The van der Waals surface area contributed by atoms with Gasteiger partial charge in [0.05, 0.1) is 35.3 Å². The Morgan fingerprint density at radius 3 is 2.77 bits per heavy atom. The molecule has 4 fully saturated rings. The Morgan fingerprint density at radius 2 is 2.10 bits per heavy atom. The maximum absolute atomic E-state index is 13.6. The van der Waals surface area contributed by atoms with Crippen molar-refractivity contribution in [3.8, 4) is 0 Å². The third-order valence-corrected chi connectivity index (χ3v) is 7.59. The third kappa shape index (κ3) is 2.72. The summed E-state index contributed by atoms with van der Waals surface area (Å²) in [5, 5.41) is 3.00. The minimum Gasteiger partial charge on any atom is -0.365 e. The summed E-state index contributed by atoms with van der Waals surface area (Å²) < 4.78 is 52.9. The number of fused-ring (bicyclic) bond motifs is 2. The highest BCUT2D eigenvalue weighted by Gasteiger charge is 2.78. The van der Waals surface area contributed by atoms with E-state index in [1.165, 1.54) is 24.0 Å². The smallest absolute Gasteiger partial charge is 0.365 e. The molecular formula is C22H25F3N2O4. The molecule has 4 saturated heterocycles. The average Bonchev–Trinajstić information content (AvgIpc) is 3.25. The first-order chi connectivity index (χ1) is 14.5. The maximum atomic E-state index is 13.6. The molecule has 31 heavy (non-hydrogen) atoms. The van der Waals surface area contributed by atoms with Crippen molar-refractivity contribution in [3.63, 3.8) is 0 Å². The van der Waals surface area contributed by atoms with E-state index in [1.807, 2.05) is 6.92 Å². The van der Waals surface area contributed by atoms with Crippen LogP contribution >= 0.6 is 0 Å². The summed E-state index contributed by atoms with van der Waals surface area (Å²) in [7, 11) is 0. The lowest BCUT2D eigenvalue weighted by atomic mass is 9.64. The van der Waals surface area contributed by atoms with E-state index in [4.69, 9.17) is 9.47 Å². The van der Waals surface area contributed by atoms with Gasteiger partial charge < -0.3 is 14.8 Å². The summed E-state index contributed by atoms with van der Waals surface area (Å²) in [4.78, 5) is 27.1. The topological polar surface area (TPSA) is 67.9 Å². The highest BCUT2D eigenvalue weighted by molar-refractivity contribution is 6.00. The molecule has 1 N–H and O–H groups in total. The van der Waals surface area contributed by atoms with Crippen LogP contribution in [0.1, 0.15) is 44.2 Å². The summed E-state index contributed by atoms with van der Waals surface area (Å²) in [5.41, 5.74) is -2.04. The summed E-state index contributed by atoms with van der Waals surface area (Å²) in [6.07, 6.45) is -3.72. The minimum absolute atomic E-state index is 0.0989. The van der Waals surface area contributed by atoms with E-state index >= 15 is 0 Å². The van der Waals surface area contributed by atoms with Gasteiger partial charge in [0.1, 0.15) is 6.23 Å². The van der Waals surface area contributed by atoms with Crippen LogP contribution in [-0.2, 0) is 25.2 Å². The fourth-order valence-electron chi connectivity index (χ4n) is 6.18. The Labute approximate surface area is 178 Å². The number of benzene rings is 1. The molecule has 0 saturated carbocycles. The van der Waals surface area contributed by atoms with Crippen molar-refractivity contribution in [2.24, 2.45) is 11.8 Å². The molecule has 6 atom stereocenters. The monoisotopic (exact) mass is 438 g/mol. The van der Waals surface area contributed by atoms with E-state index < -0.39 is 35.1 Å². The number of aryl methyl sites for hydroxylation is 1. The van der Waals surface area contributed by atoms with Gasteiger partial charge in [-0.15, -0.1) is 0 Å². The van der Waals surface area contributed by atoms with Gasteiger partial charge in [0.15, 0.2) is 0 Å². The first kappa shape index (κ1) is 20.8. The summed E-state index contributed by atoms with van der Waals surface area (Å²) in [5.74, 6) is -1.31. The van der Waals surface area contributed by atoms with Crippen LogP contribution < -0.4 is 10.2 Å². The van der Waals surface area contributed by atoms with Crippen LogP contribution in [-0.4, -0.2) is 41.9 Å². The van der Waals surface area contributed by atoms with Gasteiger partial charge in [0.2, 0.25) is 11.8 Å². The normalized spacial score (nSPS) is 38.5. The molecule has 9 heteroatoms. The molecule has 0 unspecified atom stereocenters. The highest BCUT2D eigenvalue weighted by Crippen LogP contribution is 2.65. The lowest BCUT2D eigenvalue weighted by molar-refractivity contribution is -0.141. The Balaban J connectivity index is 1.56. The number of alkyl halides is 3. The molecule has 0 aromatic heterocycles. The number of halogens is 3. The largest absolute Gasteiger partial charge is 0.416 e. The molecule has 1 spiro atoms. The van der Waals surface area contributed by atoms with Gasteiger partial charge >= 0.3 is 6.18 Å². The maximum Gasteiger partial charge on any atom is 0.416 e. The van der Waals surface area contributed by atoms with Crippen molar-refractivity contribution in [2.75, 3.05) is 11.5 Å². The fraction of sp³-hybridized carbons (Fsp3) is 0.636. The van der Waals surface area contributed by atoms with Crippen LogP contribution in [0.5, 0.6) is 0 Å². The molecule has 168 valence electrons. The predicted molar refractivity (Wildman–Crippen MR) is 104 cm³/mol. The number of rotatable bonds is 3. The molecule has 6 nitrogen and oxygen atoms in total. The fourth-order valence-corrected chi connectivity index (χ4v) is 6.18. The van der Waals surface area contributed by atoms with Crippen LogP contribution in [0.15, 0.2) is 18.2 Å². The molecule has 1 aromatic rings. The standard InChI is InChI=1S/C22H25F3N2O4/c1-4-15(28)26-14-10-21-7-8-30-19-17(21)16(20(14,3)31-21)18(29)27(19)12-6-5-11(2)13(9-12)22(23,24)25/h5-6,9,14,16-17,19H,4,7-8,10H2,1-3H3,(H,26,28)/t14-,16+,17-,19-,20+,21-/m0/s1. The Morgan fingerprint density at radius 1 is 1.35 bits per heavy atom. The van der Waals surface area contributed by atoms with Crippen LogP contribution in [0.25, 0.3) is 0 Å². The number of anilines is 1. The van der Waals surface area contributed by atoms with Gasteiger partial charge in [-0.2, -0.15) is 13.2 Å². The highest BCUT2D eigenvalue weighted by atomic mass is 19.4. The van der Waals surface area contributed by atoms with Crippen molar-refractivity contribution in [1.82, 2.24) is 5.32 Å².